The summed E-state index contributed by atoms with van der Waals surface area (Å²) in [4.78, 5) is 23.9. The molecule has 1 aliphatic rings. The Labute approximate surface area is 142 Å². The van der Waals surface area contributed by atoms with Crippen LogP contribution in [0.5, 0.6) is 5.75 Å². The van der Waals surface area contributed by atoms with Gasteiger partial charge in [0.1, 0.15) is 5.75 Å². The lowest BCUT2D eigenvalue weighted by atomic mass is 10.0. The van der Waals surface area contributed by atoms with Crippen molar-refractivity contribution in [3.05, 3.63) is 47.5 Å². The molecule has 24 heavy (non-hydrogen) atoms. The van der Waals surface area contributed by atoms with E-state index in [0.717, 1.165) is 48.9 Å². The smallest absolute Gasteiger partial charge is 0.220 e. The lowest BCUT2D eigenvalue weighted by Gasteiger charge is -2.41. The van der Waals surface area contributed by atoms with Gasteiger partial charge in [0.25, 0.3) is 0 Å². The Hall–Kier alpha value is -2.34. The van der Waals surface area contributed by atoms with Gasteiger partial charge in [-0.15, -0.1) is 0 Å². The van der Waals surface area contributed by atoms with Gasteiger partial charge >= 0.3 is 0 Å². The summed E-state index contributed by atoms with van der Waals surface area (Å²) in [5, 5.41) is 0. The number of hydrogen-bond donors (Lipinski definition) is 1. The summed E-state index contributed by atoms with van der Waals surface area (Å²) < 4.78 is 5.23. The number of nitrogens with one attached hydrogen (secondary N) is 1. The molecule has 1 aromatic heterocycles. The number of imidazole rings is 1. The molecule has 1 amide bonds. The summed E-state index contributed by atoms with van der Waals surface area (Å²) in [6.45, 7) is 6.87. The quantitative estimate of drug-likeness (QED) is 0.934. The molecule has 1 aromatic carbocycles. The van der Waals surface area contributed by atoms with Crippen molar-refractivity contribution in [2.24, 2.45) is 0 Å². The Bertz CT molecular complexity index is 695. The SMILES string of the molecule is COc1ccc([C@H]2CN(Cc3nc[nH]c3C)CCN2C(C)=O)cc1. The second kappa shape index (κ2) is 7.05. The predicted molar refractivity (Wildman–Crippen MR) is 91.7 cm³/mol. The second-order valence-electron chi connectivity index (χ2n) is 6.21. The number of aromatic amines is 1. The van der Waals surface area contributed by atoms with Gasteiger partial charge in [0.05, 0.1) is 25.2 Å². The van der Waals surface area contributed by atoms with Gasteiger partial charge in [0.15, 0.2) is 0 Å². The maximum absolute atomic E-state index is 12.0. The number of aromatic nitrogens is 2. The van der Waals surface area contributed by atoms with Crippen molar-refractivity contribution < 1.29 is 9.53 Å². The maximum atomic E-state index is 12.0. The second-order valence-corrected chi connectivity index (χ2v) is 6.21. The van der Waals surface area contributed by atoms with Crippen LogP contribution >= 0.6 is 0 Å². The van der Waals surface area contributed by atoms with Crippen molar-refractivity contribution in [2.45, 2.75) is 26.4 Å². The maximum Gasteiger partial charge on any atom is 0.220 e. The molecule has 0 aliphatic carbocycles. The van der Waals surface area contributed by atoms with Crippen molar-refractivity contribution in [3.8, 4) is 5.75 Å². The average Bonchev–Trinajstić information content (AvgIpc) is 2.99. The number of carbonyl (C=O) groups excluding carboxylic acids is 1. The minimum absolute atomic E-state index is 0.0569. The number of nitrogens with zero attached hydrogens (tertiary/aromatic N) is 3. The van der Waals surface area contributed by atoms with E-state index in [2.05, 4.69) is 14.9 Å². The van der Waals surface area contributed by atoms with Crippen LogP contribution in [-0.2, 0) is 11.3 Å². The highest BCUT2D eigenvalue weighted by Gasteiger charge is 2.30. The van der Waals surface area contributed by atoms with E-state index in [4.69, 9.17) is 4.74 Å². The van der Waals surface area contributed by atoms with Gasteiger partial charge in [0.2, 0.25) is 5.91 Å². The van der Waals surface area contributed by atoms with Crippen molar-refractivity contribution in [2.75, 3.05) is 26.7 Å². The highest BCUT2D eigenvalue weighted by molar-refractivity contribution is 5.74. The minimum Gasteiger partial charge on any atom is -0.497 e. The fraction of sp³-hybridized carbons (Fsp3) is 0.444. The molecule has 1 fully saturated rings. The molecule has 1 N–H and O–H groups in total. The first-order valence-corrected chi connectivity index (χ1v) is 8.21. The molecular formula is C18H24N4O2. The van der Waals surface area contributed by atoms with Crippen LogP contribution in [0.3, 0.4) is 0 Å². The lowest BCUT2D eigenvalue weighted by molar-refractivity contribution is -0.134. The van der Waals surface area contributed by atoms with Crippen LogP contribution in [0.25, 0.3) is 0 Å². The largest absolute Gasteiger partial charge is 0.497 e. The average molecular weight is 328 g/mol. The number of piperazine rings is 1. The molecule has 0 radical (unpaired) electrons. The number of benzene rings is 1. The monoisotopic (exact) mass is 328 g/mol. The Kier molecular flexibility index (Phi) is 4.85. The van der Waals surface area contributed by atoms with E-state index in [1.807, 2.05) is 36.1 Å². The van der Waals surface area contributed by atoms with E-state index in [-0.39, 0.29) is 11.9 Å². The van der Waals surface area contributed by atoms with Gasteiger partial charge in [-0.2, -0.15) is 0 Å². The molecule has 0 spiro atoms. The van der Waals surface area contributed by atoms with E-state index >= 15 is 0 Å². The molecule has 1 atom stereocenters. The van der Waals surface area contributed by atoms with E-state index in [1.54, 1.807) is 20.4 Å². The molecule has 6 heteroatoms. The Morgan fingerprint density at radius 1 is 1.33 bits per heavy atom. The topological polar surface area (TPSA) is 61.5 Å². The van der Waals surface area contributed by atoms with Crippen LogP contribution in [0, 0.1) is 6.92 Å². The Morgan fingerprint density at radius 2 is 2.08 bits per heavy atom. The zero-order valence-electron chi connectivity index (χ0n) is 14.5. The van der Waals surface area contributed by atoms with Crippen molar-refractivity contribution in [1.82, 2.24) is 19.8 Å². The van der Waals surface area contributed by atoms with E-state index in [9.17, 15) is 4.79 Å². The normalized spacial score (nSPS) is 18.6. The number of ether oxygens (including phenoxy) is 1. The first kappa shape index (κ1) is 16.5. The number of aryl methyl sites for hydroxylation is 1. The molecule has 0 saturated carbocycles. The lowest BCUT2D eigenvalue weighted by Crippen LogP contribution is -2.49. The fourth-order valence-corrected chi connectivity index (χ4v) is 3.23. The van der Waals surface area contributed by atoms with Crippen LogP contribution < -0.4 is 4.74 Å². The summed E-state index contributed by atoms with van der Waals surface area (Å²) in [5.41, 5.74) is 3.30. The van der Waals surface area contributed by atoms with Crippen LogP contribution in [0.4, 0.5) is 0 Å². The molecule has 1 saturated heterocycles. The molecule has 3 rings (SSSR count). The number of methoxy groups -OCH3 is 1. The Balaban J connectivity index is 1.79. The first-order valence-electron chi connectivity index (χ1n) is 8.21. The molecule has 128 valence electrons. The van der Waals surface area contributed by atoms with Gasteiger partial charge in [0, 0.05) is 38.8 Å². The summed E-state index contributed by atoms with van der Waals surface area (Å²) in [6, 6.07) is 8.04. The van der Waals surface area contributed by atoms with E-state index in [1.165, 1.54) is 0 Å². The first-order chi connectivity index (χ1) is 11.6. The zero-order chi connectivity index (χ0) is 17.1. The van der Waals surface area contributed by atoms with Gasteiger partial charge in [-0.05, 0) is 24.6 Å². The third-order valence-electron chi connectivity index (χ3n) is 4.68. The number of H-pyrrole nitrogens is 1. The molecule has 6 nitrogen and oxygen atoms in total. The van der Waals surface area contributed by atoms with Crippen molar-refractivity contribution in [1.29, 1.82) is 0 Å². The minimum atomic E-state index is 0.0569. The number of carbonyl (C=O) groups is 1. The summed E-state index contributed by atoms with van der Waals surface area (Å²) >= 11 is 0. The van der Waals surface area contributed by atoms with E-state index in [0.29, 0.717) is 0 Å². The highest BCUT2D eigenvalue weighted by Crippen LogP contribution is 2.28. The summed E-state index contributed by atoms with van der Waals surface area (Å²) in [6.07, 6.45) is 1.73. The number of amides is 1. The van der Waals surface area contributed by atoms with Gasteiger partial charge in [-0.1, -0.05) is 12.1 Å². The van der Waals surface area contributed by atoms with Crippen molar-refractivity contribution in [3.63, 3.8) is 0 Å². The van der Waals surface area contributed by atoms with Crippen LogP contribution in [-0.4, -0.2) is 52.4 Å². The Morgan fingerprint density at radius 3 is 2.67 bits per heavy atom. The highest BCUT2D eigenvalue weighted by atomic mass is 16.5. The fourth-order valence-electron chi connectivity index (χ4n) is 3.23. The zero-order valence-corrected chi connectivity index (χ0v) is 14.5. The molecule has 0 bridgehead atoms. The molecule has 2 heterocycles. The standard InChI is InChI=1S/C18H24N4O2/c1-13-17(20-12-19-13)10-21-8-9-22(14(2)23)18(11-21)15-4-6-16(24-3)7-5-15/h4-7,12,18H,8-11H2,1-3H3,(H,19,20)/t18-/m1/s1. The van der Waals surface area contributed by atoms with Crippen LogP contribution in [0.1, 0.15) is 29.9 Å². The van der Waals surface area contributed by atoms with Gasteiger partial charge < -0.3 is 14.6 Å². The third-order valence-corrected chi connectivity index (χ3v) is 4.68. The van der Waals surface area contributed by atoms with E-state index < -0.39 is 0 Å². The molecule has 1 aliphatic heterocycles. The molecule has 0 unspecified atom stereocenters. The van der Waals surface area contributed by atoms with Crippen LogP contribution in [0.15, 0.2) is 30.6 Å². The number of rotatable bonds is 4. The summed E-state index contributed by atoms with van der Waals surface area (Å²) in [7, 11) is 1.66. The summed E-state index contributed by atoms with van der Waals surface area (Å²) in [5.74, 6) is 0.944. The molecule has 2 aromatic rings. The van der Waals surface area contributed by atoms with Gasteiger partial charge in [-0.25, -0.2) is 4.98 Å². The van der Waals surface area contributed by atoms with Crippen molar-refractivity contribution >= 4 is 5.91 Å². The predicted octanol–water partition coefficient (Wildman–Crippen LogP) is 2.13. The molecular weight excluding hydrogens is 304 g/mol. The van der Waals surface area contributed by atoms with Crippen LogP contribution in [0.2, 0.25) is 0 Å². The van der Waals surface area contributed by atoms with Gasteiger partial charge in [-0.3, -0.25) is 9.69 Å². The third kappa shape index (κ3) is 3.43. The number of hydrogen-bond acceptors (Lipinski definition) is 4.